The lowest BCUT2D eigenvalue weighted by Crippen LogP contribution is -2.10. The van der Waals surface area contributed by atoms with Gasteiger partial charge in [0, 0.05) is 6.42 Å². The first-order chi connectivity index (χ1) is 6.88. The predicted molar refractivity (Wildman–Crippen MR) is 51.4 cm³/mol. The van der Waals surface area contributed by atoms with Gasteiger partial charge in [-0.25, -0.2) is 0 Å². The normalized spacial score (nSPS) is 13.9. The molecule has 0 bridgehead atoms. The molecule has 0 saturated heterocycles. The van der Waals surface area contributed by atoms with E-state index in [1.54, 1.807) is 24.3 Å². The van der Waals surface area contributed by atoms with Crippen LogP contribution in [0.25, 0.3) is 0 Å². The van der Waals surface area contributed by atoms with Crippen molar-refractivity contribution in [2.24, 2.45) is 0 Å². The van der Waals surface area contributed by atoms with E-state index in [1.807, 2.05) is 6.92 Å². The second-order valence-electron chi connectivity index (χ2n) is 3.58. The molecule has 0 fully saturated rings. The van der Waals surface area contributed by atoms with Gasteiger partial charge in [-0.1, -0.05) is 29.8 Å². The zero-order chi connectivity index (χ0) is 11.5. The highest BCUT2D eigenvalue weighted by Crippen LogP contribution is 2.27. The zero-order valence-corrected chi connectivity index (χ0v) is 8.38. The molecule has 1 atom stereocenters. The lowest BCUT2D eigenvalue weighted by atomic mass is 10.0. The van der Waals surface area contributed by atoms with Crippen molar-refractivity contribution in [1.82, 2.24) is 0 Å². The first kappa shape index (κ1) is 12.0. The smallest absolute Gasteiger partial charge is 0.388 e. The molecule has 0 saturated carbocycles. The van der Waals surface area contributed by atoms with Crippen LogP contribution in [0.2, 0.25) is 0 Å². The van der Waals surface area contributed by atoms with Gasteiger partial charge >= 0.3 is 6.18 Å². The number of alkyl halides is 3. The Morgan fingerprint density at radius 2 is 1.73 bits per heavy atom. The summed E-state index contributed by atoms with van der Waals surface area (Å²) in [6.45, 7) is 1.88. The number of hydrogen-bond acceptors (Lipinski definition) is 1. The van der Waals surface area contributed by atoms with E-state index in [-0.39, 0.29) is 6.42 Å². The van der Waals surface area contributed by atoms with Crippen LogP contribution in [0.3, 0.4) is 0 Å². The van der Waals surface area contributed by atoms with Crippen molar-refractivity contribution in [3.63, 3.8) is 0 Å². The van der Waals surface area contributed by atoms with Crippen molar-refractivity contribution in [3.8, 4) is 0 Å². The van der Waals surface area contributed by atoms with Crippen LogP contribution in [0.15, 0.2) is 24.3 Å². The van der Waals surface area contributed by atoms with Gasteiger partial charge in [0.1, 0.15) is 0 Å². The molecule has 0 aliphatic carbocycles. The number of benzene rings is 1. The Morgan fingerprint density at radius 1 is 1.20 bits per heavy atom. The molecule has 0 radical (unpaired) electrons. The van der Waals surface area contributed by atoms with Crippen LogP contribution in [0.5, 0.6) is 0 Å². The number of aliphatic hydroxyl groups is 1. The number of hydrogen-bond donors (Lipinski definition) is 1. The molecule has 1 aromatic carbocycles. The van der Waals surface area contributed by atoms with Crippen molar-refractivity contribution in [1.29, 1.82) is 0 Å². The van der Waals surface area contributed by atoms with Crippen LogP contribution in [-0.4, -0.2) is 11.3 Å². The molecule has 1 rings (SSSR count). The quantitative estimate of drug-likeness (QED) is 0.824. The van der Waals surface area contributed by atoms with E-state index in [0.29, 0.717) is 5.56 Å². The minimum atomic E-state index is -4.20. The van der Waals surface area contributed by atoms with Crippen molar-refractivity contribution < 1.29 is 18.3 Å². The second kappa shape index (κ2) is 4.66. The summed E-state index contributed by atoms with van der Waals surface area (Å²) in [6, 6.07) is 6.84. The predicted octanol–water partition coefficient (Wildman–Crippen LogP) is 3.37. The highest BCUT2D eigenvalue weighted by atomic mass is 19.4. The number of rotatable bonds is 3. The third-order valence-corrected chi connectivity index (χ3v) is 2.16. The lowest BCUT2D eigenvalue weighted by Gasteiger charge is -2.12. The number of halogens is 3. The van der Waals surface area contributed by atoms with E-state index < -0.39 is 18.7 Å². The summed E-state index contributed by atoms with van der Waals surface area (Å²) in [5.74, 6) is 0. The first-order valence-corrected chi connectivity index (χ1v) is 4.70. The van der Waals surface area contributed by atoms with Crippen LogP contribution < -0.4 is 0 Å². The molecule has 0 aliphatic rings. The standard InChI is InChI=1S/C11H13F3O/c1-8-2-4-9(5-3-8)10(15)6-7-11(12,13)14/h2-5,10,15H,6-7H2,1H3. The maximum Gasteiger partial charge on any atom is 0.389 e. The minimum absolute atomic E-state index is 0.285. The molecule has 1 nitrogen and oxygen atoms in total. The van der Waals surface area contributed by atoms with Gasteiger partial charge in [0.15, 0.2) is 0 Å². The zero-order valence-electron chi connectivity index (χ0n) is 8.38. The molecule has 0 aliphatic heterocycles. The van der Waals surface area contributed by atoms with Crippen LogP contribution >= 0.6 is 0 Å². The van der Waals surface area contributed by atoms with Gasteiger partial charge in [-0.2, -0.15) is 13.2 Å². The van der Waals surface area contributed by atoms with Crippen LogP contribution in [-0.2, 0) is 0 Å². The molecule has 0 heterocycles. The van der Waals surface area contributed by atoms with Crippen molar-refractivity contribution >= 4 is 0 Å². The number of aliphatic hydroxyl groups excluding tert-OH is 1. The lowest BCUT2D eigenvalue weighted by molar-refractivity contribution is -0.140. The van der Waals surface area contributed by atoms with Crippen LogP contribution in [0.4, 0.5) is 13.2 Å². The molecule has 0 spiro atoms. The largest absolute Gasteiger partial charge is 0.389 e. The minimum Gasteiger partial charge on any atom is -0.388 e. The molecule has 0 amide bonds. The average Bonchev–Trinajstić information content (AvgIpc) is 2.14. The van der Waals surface area contributed by atoms with Gasteiger partial charge in [0.05, 0.1) is 6.10 Å². The van der Waals surface area contributed by atoms with Gasteiger partial charge in [-0.05, 0) is 18.9 Å². The molecule has 84 valence electrons. The van der Waals surface area contributed by atoms with Gasteiger partial charge in [-0.3, -0.25) is 0 Å². The molecule has 1 unspecified atom stereocenters. The highest BCUT2D eigenvalue weighted by Gasteiger charge is 2.28. The van der Waals surface area contributed by atoms with E-state index in [2.05, 4.69) is 0 Å². The Morgan fingerprint density at radius 3 is 2.20 bits per heavy atom. The summed E-state index contributed by atoms with van der Waals surface area (Å²) in [5, 5.41) is 9.47. The fourth-order valence-electron chi connectivity index (χ4n) is 1.26. The summed E-state index contributed by atoms with van der Waals surface area (Å²) in [5.41, 5.74) is 1.55. The van der Waals surface area contributed by atoms with E-state index in [9.17, 15) is 18.3 Å². The summed E-state index contributed by atoms with van der Waals surface area (Å²) in [4.78, 5) is 0. The molecular weight excluding hydrogens is 205 g/mol. The molecule has 15 heavy (non-hydrogen) atoms. The molecule has 1 N–H and O–H groups in total. The van der Waals surface area contributed by atoms with Crippen molar-refractivity contribution in [2.75, 3.05) is 0 Å². The van der Waals surface area contributed by atoms with Crippen molar-refractivity contribution in [2.45, 2.75) is 32.0 Å². The Bertz CT molecular complexity index is 303. The maximum atomic E-state index is 11.9. The van der Waals surface area contributed by atoms with Gasteiger partial charge in [0.2, 0.25) is 0 Å². The van der Waals surface area contributed by atoms with Crippen LogP contribution in [0, 0.1) is 6.92 Å². The van der Waals surface area contributed by atoms with Gasteiger partial charge in [0.25, 0.3) is 0 Å². The second-order valence-corrected chi connectivity index (χ2v) is 3.58. The molecule has 0 aromatic heterocycles. The molecule has 1 aromatic rings. The fourth-order valence-corrected chi connectivity index (χ4v) is 1.26. The van der Waals surface area contributed by atoms with E-state index in [0.717, 1.165) is 5.56 Å². The Kier molecular flexibility index (Phi) is 3.74. The highest BCUT2D eigenvalue weighted by molar-refractivity contribution is 5.22. The summed E-state index contributed by atoms with van der Waals surface area (Å²) < 4.78 is 35.7. The monoisotopic (exact) mass is 218 g/mol. The average molecular weight is 218 g/mol. The third kappa shape index (κ3) is 4.34. The summed E-state index contributed by atoms with van der Waals surface area (Å²) in [6.07, 6.45) is -6.48. The summed E-state index contributed by atoms with van der Waals surface area (Å²) >= 11 is 0. The number of aryl methyl sites for hydroxylation is 1. The van der Waals surface area contributed by atoms with Crippen molar-refractivity contribution in [3.05, 3.63) is 35.4 Å². The van der Waals surface area contributed by atoms with Gasteiger partial charge in [-0.15, -0.1) is 0 Å². The summed E-state index contributed by atoms with van der Waals surface area (Å²) in [7, 11) is 0. The Labute approximate surface area is 86.5 Å². The van der Waals surface area contributed by atoms with Crippen LogP contribution in [0.1, 0.15) is 30.1 Å². The van der Waals surface area contributed by atoms with Gasteiger partial charge < -0.3 is 5.11 Å². The molecule has 4 heteroatoms. The SMILES string of the molecule is Cc1ccc(C(O)CCC(F)(F)F)cc1. The van der Waals surface area contributed by atoms with E-state index >= 15 is 0 Å². The van der Waals surface area contributed by atoms with E-state index in [1.165, 1.54) is 0 Å². The van der Waals surface area contributed by atoms with E-state index in [4.69, 9.17) is 0 Å². The Balaban J connectivity index is 2.54. The molecular formula is C11H13F3O. The first-order valence-electron chi connectivity index (χ1n) is 4.70. The maximum absolute atomic E-state index is 11.9. The topological polar surface area (TPSA) is 20.2 Å². The fraction of sp³-hybridized carbons (Fsp3) is 0.455. The third-order valence-electron chi connectivity index (χ3n) is 2.16. The Hall–Kier alpha value is -1.03.